The number of hydrogen-bond acceptors (Lipinski definition) is 10. The Morgan fingerprint density at radius 2 is 1.61 bits per heavy atom. The molecule has 4 aromatic rings. The lowest BCUT2D eigenvalue weighted by Gasteiger charge is -2.36. The maximum absolute atomic E-state index is 14.7. The Balaban J connectivity index is 1.03. The highest BCUT2D eigenvalue weighted by Crippen LogP contribution is 2.42. The summed E-state index contributed by atoms with van der Waals surface area (Å²) in [7, 11) is 5.20. The van der Waals surface area contributed by atoms with Gasteiger partial charge < -0.3 is 39.1 Å². The van der Waals surface area contributed by atoms with Crippen LogP contribution >= 0.6 is 0 Å². The van der Waals surface area contributed by atoms with E-state index in [9.17, 15) is 22.8 Å². The Morgan fingerprint density at radius 3 is 2.30 bits per heavy atom. The zero-order chi connectivity index (χ0) is 39.4. The molecule has 0 aliphatic carbocycles. The van der Waals surface area contributed by atoms with Crippen LogP contribution in [0.5, 0.6) is 23.0 Å². The molecular formula is C42H47F3N6O5. The maximum atomic E-state index is 14.7. The van der Waals surface area contributed by atoms with E-state index in [1.54, 1.807) is 83.6 Å². The highest BCUT2D eigenvalue weighted by Gasteiger charge is 2.38. The second-order valence-electron chi connectivity index (χ2n) is 14.6. The molecule has 1 aromatic heterocycles. The number of carbonyl (C=O) groups is 1. The lowest BCUT2D eigenvalue weighted by atomic mass is 9.98. The average molecular weight is 773 g/mol. The van der Waals surface area contributed by atoms with Gasteiger partial charge in [0, 0.05) is 85.5 Å². The van der Waals surface area contributed by atoms with Crippen molar-refractivity contribution in [1.82, 2.24) is 15.2 Å². The van der Waals surface area contributed by atoms with Crippen molar-refractivity contribution in [1.29, 1.82) is 0 Å². The first kappa shape index (κ1) is 38.8. The zero-order valence-corrected chi connectivity index (χ0v) is 31.9. The predicted octanol–water partition coefficient (Wildman–Crippen LogP) is 7.41. The molecule has 3 aliphatic rings. The van der Waals surface area contributed by atoms with Crippen LogP contribution < -0.4 is 34.2 Å². The number of nitrogens with one attached hydrogen (secondary N) is 1. The van der Waals surface area contributed by atoms with E-state index in [1.165, 1.54) is 18.9 Å². The third-order valence-corrected chi connectivity index (χ3v) is 11.1. The second kappa shape index (κ2) is 16.7. The summed E-state index contributed by atoms with van der Waals surface area (Å²) in [6.45, 7) is 2.42. The summed E-state index contributed by atoms with van der Waals surface area (Å²) in [5, 5.41) is 3.82. The number of fused-ring (bicyclic) bond motifs is 1. The van der Waals surface area contributed by atoms with Gasteiger partial charge in [-0.3, -0.25) is 9.78 Å². The number of benzene rings is 3. The van der Waals surface area contributed by atoms with Crippen molar-refractivity contribution in [2.45, 2.75) is 63.2 Å². The van der Waals surface area contributed by atoms with Gasteiger partial charge in [-0.2, -0.15) is 13.2 Å². The van der Waals surface area contributed by atoms with Crippen molar-refractivity contribution in [3.63, 3.8) is 0 Å². The van der Waals surface area contributed by atoms with Crippen LogP contribution in [0.25, 0.3) is 10.9 Å². The van der Waals surface area contributed by atoms with Gasteiger partial charge in [0.25, 0.3) is 0 Å². The summed E-state index contributed by atoms with van der Waals surface area (Å²) in [6.07, 6.45) is 2.85. The van der Waals surface area contributed by atoms with Gasteiger partial charge in [0.1, 0.15) is 11.5 Å². The van der Waals surface area contributed by atoms with Gasteiger partial charge in [0.15, 0.2) is 17.4 Å². The van der Waals surface area contributed by atoms with Crippen LogP contribution in [0.15, 0.2) is 72.7 Å². The maximum Gasteiger partial charge on any atom is 0.418 e. The Bertz CT molecular complexity index is 2100. The fourth-order valence-electron chi connectivity index (χ4n) is 8.11. The van der Waals surface area contributed by atoms with E-state index < -0.39 is 11.7 Å². The van der Waals surface area contributed by atoms with Crippen molar-refractivity contribution in [2.24, 2.45) is 0 Å². The molecule has 11 nitrogen and oxygen atoms in total. The first-order valence-corrected chi connectivity index (χ1v) is 19.1. The molecule has 296 valence electrons. The van der Waals surface area contributed by atoms with E-state index in [1.807, 2.05) is 5.94 Å². The van der Waals surface area contributed by atoms with Gasteiger partial charge >= 0.3 is 6.18 Å². The van der Waals surface area contributed by atoms with E-state index in [-0.39, 0.29) is 35.7 Å². The van der Waals surface area contributed by atoms with E-state index >= 15 is 0 Å². The lowest BCUT2D eigenvalue weighted by molar-refractivity contribution is -0.137. The summed E-state index contributed by atoms with van der Waals surface area (Å²) >= 11 is 0. The summed E-state index contributed by atoms with van der Waals surface area (Å²) < 4.78 is 61.2. The average Bonchev–Trinajstić information content (AvgIpc) is 3.64. The number of ether oxygens (including phenoxy) is 3. The van der Waals surface area contributed by atoms with Crippen LogP contribution in [-0.4, -0.2) is 87.8 Å². The fraction of sp³-hybridized carbons (Fsp3) is 0.429. The molecule has 56 heavy (non-hydrogen) atoms. The molecule has 1 N–H and O–H groups in total. The van der Waals surface area contributed by atoms with E-state index in [0.717, 1.165) is 25.5 Å². The molecule has 3 aromatic carbocycles. The third-order valence-electron chi connectivity index (χ3n) is 11.1. The number of likely N-dealkylation sites (tertiary alicyclic amines) is 1. The number of anilines is 3. The third kappa shape index (κ3) is 8.36. The summed E-state index contributed by atoms with van der Waals surface area (Å²) in [5.74, 6) is 4.14. The largest absolute Gasteiger partial charge is 0.493 e. The Morgan fingerprint density at radius 1 is 0.875 bits per heavy atom. The minimum absolute atomic E-state index is 0.00508. The number of nitrogens with zero attached hydrogens (tertiary/aromatic N) is 5. The van der Waals surface area contributed by atoms with Gasteiger partial charge in [0.2, 0.25) is 11.7 Å². The van der Waals surface area contributed by atoms with E-state index in [4.69, 9.17) is 14.2 Å². The smallest absolute Gasteiger partial charge is 0.418 e. The van der Waals surface area contributed by atoms with Gasteiger partial charge in [-0.1, -0.05) is 12.5 Å². The predicted molar refractivity (Wildman–Crippen MR) is 210 cm³/mol. The Kier molecular flexibility index (Phi) is 11.6. The van der Waals surface area contributed by atoms with Crippen LogP contribution in [0, 0.1) is 0 Å². The number of alkyl halides is 3. The van der Waals surface area contributed by atoms with E-state index in [0.29, 0.717) is 84.5 Å². The van der Waals surface area contributed by atoms with Crippen LogP contribution in [0.1, 0.15) is 50.5 Å². The first-order valence-electron chi connectivity index (χ1n) is 19.1. The number of carbonyl (C=O) groups excluding carboxylic acids is 2. The molecule has 3 aliphatic heterocycles. The molecule has 7 rings (SSSR count). The normalized spacial score (nSPS) is 18.3. The van der Waals surface area contributed by atoms with Gasteiger partial charge in [-0.05, 0) is 88.2 Å². The van der Waals surface area contributed by atoms with Gasteiger partial charge in [-0.25, -0.2) is 4.79 Å². The number of halogens is 3. The van der Waals surface area contributed by atoms with Crippen LogP contribution in [0.3, 0.4) is 0 Å². The molecule has 0 bridgehead atoms. The summed E-state index contributed by atoms with van der Waals surface area (Å²) in [5.41, 5.74) is 0.817. The quantitative estimate of drug-likeness (QED) is 0.155. The lowest BCUT2D eigenvalue weighted by Crippen LogP contribution is -2.45. The monoisotopic (exact) mass is 772 g/mol. The topological polar surface area (TPSA) is 99.7 Å². The summed E-state index contributed by atoms with van der Waals surface area (Å²) in [4.78, 5) is 37.0. The summed E-state index contributed by atoms with van der Waals surface area (Å²) in [6, 6.07) is 17.0. The molecule has 0 radical (unpaired) electrons. The molecule has 0 saturated carbocycles. The Hall–Kier alpha value is -5.46. The molecule has 14 heteroatoms. The van der Waals surface area contributed by atoms with Crippen LogP contribution in [0.2, 0.25) is 0 Å². The van der Waals surface area contributed by atoms with Gasteiger partial charge in [-0.15, -0.1) is 0 Å². The second-order valence-corrected chi connectivity index (χ2v) is 14.6. The van der Waals surface area contributed by atoms with Crippen LogP contribution in [-0.2, 0) is 15.8 Å². The van der Waals surface area contributed by atoms with Crippen molar-refractivity contribution >= 4 is 39.8 Å². The molecule has 3 saturated heterocycles. The molecule has 3 fully saturated rings. The number of pyridine rings is 1. The van der Waals surface area contributed by atoms with Crippen molar-refractivity contribution in [2.75, 3.05) is 68.7 Å². The molecular weight excluding hydrogens is 725 g/mol. The Labute approximate surface area is 324 Å². The van der Waals surface area contributed by atoms with E-state index in [2.05, 4.69) is 22.2 Å². The number of methoxy groups -OCH3 is 2. The van der Waals surface area contributed by atoms with Gasteiger partial charge in [0.05, 0.1) is 25.3 Å². The van der Waals surface area contributed by atoms with Crippen molar-refractivity contribution in [3.8, 4) is 23.0 Å². The highest BCUT2D eigenvalue weighted by molar-refractivity contribution is 5.88. The number of amides is 1. The number of piperidine rings is 2. The molecule has 1 unspecified atom stereocenters. The zero-order valence-electron chi connectivity index (χ0n) is 31.9. The molecule has 0 spiro atoms. The number of aromatic nitrogens is 1. The standard InChI is InChI=1S/C42H47F3N6O5/c1-48-18-5-4-7-29(48)11-13-40(53)47-28-15-19-49(20-16-28)36-12-10-31(24-34(36)42(43,44)45)51-22-21-50(41(51)27-52)30-8-6-9-32(23-30)56-37-14-17-46-35-26-39(55-3)38(54-2)25-33(35)37/h6,8-10,12,14,17,23-26,28-29H,4-5,7,11,13,15-16,18-22H2,1-3H3,(H,47,53). The van der Waals surface area contributed by atoms with Crippen molar-refractivity contribution < 1.29 is 37.0 Å². The molecule has 4 heterocycles. The van der Waals surface area contributed by atoms with Crippen molar-refractivity contribution in [3.05, 3.63) is 78.2 Å². The number of rotatable bonds is 11. The first-order chi connectivity index (χ1) is 27.1. The minimum atomic E-state index is -4.63. The minimum Gasteiger partial charge on any atom is -0.493 e. The molecule has 1 atom stereocenters. The number of hydrogen-bond donors (Lipinski definition) is 1. The molecule has 1 amide bonds. The SMILES string of the molecule is COc1cc2nccc(Oc3cccc(N4CCN(c5ccc(N6CCC(NC(=O)CCC7CCCCN7C)CC6)c(C(F)(F)F)c5)C4=C=O)c3)c2cc1OC. The van der Waals surface area contributed by atoms with Crippen LogP contribution in [0.4, 0.5) is 30.2 Å². The highest BCUT2D eigenvalue weighted by atomic mass is 19.4. The fourth-order valence-corrected chi connectivity index (χ4v) is 8.11.